The Balaban J connectivity index is 2.06. The van der Waals surface area contributed by atoms with Gasteiger partial charge >= 0.3 is 7.12 Å². The molecule has 0 aromatic rings. The monoisotopic (exact) mass is 226 g/mol. The van der Waals surface area contributed by atoms with E-state index >= 15 is 0 Å². The van der Waals surface area contributed by atoms with Gasteiger partial charge in [-0.3, -0.25) is 0 Å². The number of rotatable bonds is 1. The van der Waals surface area contributed by atoms with Crippen LogP contribution < -0.4 is 16.3 Å². The lowest BCUT2D eigenvalue weighted by molar-refractivity contribution is 0.00578. The van der Waals surface area contributed by atoms with Crippen LogP contribution in [0.3, 0.4) is 0 Å². The molecule has 6 nitrogen and oxygen atoms in total. The molecule has 2 aliphatic rings. The molecule has 7 heteroatoms. The molecule has 1 fully saturated rings. The molecule has 1 saturated heterocycles. The Morgan fingerprint density at radius 3 is 2.25 bits per heavy atom. The minimum Gasteiger partial charge on any atom is -0.401 e. The maximum atomic E-state index is 5.91. The molecule has 0 spiro atoms. The smallest absolute Gasteiger partial charge is 0.401 e. The molecule has 1 unspecified atom stereocenters. The van der Waals surface area contributed by atoms with Gasteiger partial charge in [0.2, 0.25) is 0 Å². The molecular weight excluding hydrogens is 207 g/mol. The molecule has 0 aromatic carbocycles. The normalized spacial score (nSPS) is 31.7. The molecule has 0 radical (unpaired) electrons. The van der Waals surface area contributed by atoms with Gasteiger partial charge in [-0.2, -0.15) is 5.10 Å². The molecule has 2 rings (SSSR count). The quantitative estimate of drug-likeness (QED) is 0.548. The summed E-state index contributed by atoms with van der Waals surface area (Å²) in [5, 5.41) is 7.12. The summed E-state index contributed by atoms with van der Waals surface area (Å²) in [7, 11) is -0.344. The number of amidine groups is 1. The highest BCUT2D eigenvalue weighted by molar-refractivity contribution is 6.47. The number of hydrazine groups is 1. The number of hydrazone groups is 1. The molecule has 1 atom stereocenters. The molecule has 0 aromatic heterocycles. The first-order valence-corrected chi connectivity index (χ1v) is 5.49. The van der Waals surface area contributed by atoms with Crippen LogP contribution in [0, 0.1) is 0 Å². The van der Waals surface area contributed by atoms with E-state index in [1.807, 2.05) is 34.6 Å². The van der Waals surface area contributed by atoms with Gasteiger partial charge in [0.1, 0.15) is 11.9 Å². The number of nitrogens with zero attached hydrogens (tertiary/aromatic N) is 1. The van der Waals surface area contributed by atoms with Gasteiger partial charge in [0.05, 0.1) is 11.2 Å². The van der Waals surface area contributed by atoms with E-state index in [2.05, 4.69) is 21.4 Å². The minimum absolute atomic E-state index is 0.140. The fourth-order valence-corrected chi connectivity index (χ4v) is 1.64. The fourth-order valence-electron chi connectivity index (χ4n) is 1.64. The van der Waals surface area contributed by atoms with Crippen molar-refractivity contribution >= 4 is 13.0 Å². The molecule has 2 heterocycles. The first kappa shape index (κ1) is 11.7. The van der Waals surface area contributed by atoms with Gasteiger partial charge < -0.3 is 14.6 Å². The molecule has 0 bridgehead atoms. The van der Waals surface area contributed by atoms with Gasteiger partial charge in [0.25, 0.3) is 0 Å². The average Bonchev–Trinajstić information content (AvgIpc) is 2.36. The van der Waals surface area contributed by atoms with Crippen LogP contribution in [0.1, 0.15) is 34.6 Å². The van der Waals surface area contributed by atoms with E-state index in [1.54, 1.807) is 0 Å². The second kappa shape index (κ2) is 3.61. The third-order valence-electron chi connectivity index (χ3n) is 3.35. The third kappa shape index (κ3) is 1.90. The van der Waals surface area contributed by atoms with Crippen LogP contribution in [0.5, 0.6) is 0 Å². The summed E-state index contributed by atoms with van der Waals surface area (Å²) in [4.78, 5) is 0. The van der Waals surface area contributed by atoms with E-state index < -0.39 is 0 Å². The van der Waals surface area contributed by atoms with E-state index in [9.17, 15) is 0 Å². The molecule has 0 amide bonds. The standard InChI is InChI=1S/C9H19BN4O2/c1-6-11-7(13-14-12-6)10-15-8(2,3)9(4,5)16-10/h7,13-14H,1-5H3,(H,11,12). The highest BCUT2D eigenvalue weighted by atomic mass is 16.7. The summed E-state index contributed by atoms with van der Waals surface area (Å²) in [6.07, 6.45) is 0. The van der Waals surface area contributed by atoms with Gasteiger partial charge in [0, 0.05) is 0 Å². The molecule has 0 saturated carbocycles. The Kier molecular flexibility index (Phi) is 2.64. The summed E-state index contributed by atoms with van der Waals surface area (Å²) in [5.41, 5.74) is 5.07. The van der Waals surface area contributed by atoms with E-state index in [4.69, 9.17) is 9.31 Å². The topological polar surface area (TPSA) is 66.9 Å². The highest BCUT2D eigenvalue weighted by Gasteiger charge is 2.54. The summed E-state index contributed by atoms with van der Waals surface area (Å²) in [6, 6.07) is -0.140. The van der Waals surface area contributed by atoms with Crippen LogP contribution in [0.15, 0.2) is 5.10 Å². The van der Waals surface area contributed by atoms with E-state index in [1.165, 1.54) is 0 Å². The van der Waals surface area contributed by atoms with E-state index in [0.29, 0.717) is 0 Å². The Labute approximate surface area is 96.3 Å². The van der Waals surface area contributed by atoms with Crippen LogP contribution >= 0.6 is 0 Å². The zero-order chi connectivity index (χ0) is 12.0. The van der Waals surface area contributed by atoms with Gasteiger partial charge in [-0.15, -0.1) is 0 Å². The first-order valence-electron chi connectivity index (χ1n) is 5.49. The maximum Gasteiger partial charge on any atom is 0.499 e. The molecule has 3 N–H and O–H groups in total. The largest absolute Gasteiger partial charge is 0.499 e. The van der Waals surface area contributed by atoms with Crippen molar-refractivity contribution in [3.8, 4) is 0 Å². The summed E-state index contributed by atoms with van der Waals surface area (Å²) >= 11 is 0. The van der Waals surface area contributed by atoms with Crippen molar-refractivity contribution in [2.45, 2.75) is 51.9 Å². The Morgan fingerprint density at radius 2 is 1.75 bits per heavy atom. The second-order valence-electron chi connectivity index (χ2n) is 5.20. The zero-order valence-corrected chi connectivity index (χ0v) is 10.4. The lowest BCUT2D eigenvalue weighted by atomic mass is 9.85. The number of hydrogen-bond donors (Lipinski definition) is 3. The van der Waals surface area contributed by atoms with Crippen LogP contribution in [0.4, 0.5) is 0 Å². The van der Waals surface area contributed by atoms with Gasteiger partial charge in [-0.1, -0.05) is 0 Å². The Morgan fingerprint density at radius 1 is 1.19 bits per heavy atom. The average molecular weight is 226 g/mol. The highest BCUT2D eigenvalue weighted by Crippen LogP contribution is 2.37. The van der Waals surface area contributed by atoms with E-state index in [-0.39, 0.29) is 24.4 Å². The lowest BCUT2D eigenvalue weighted by Crippen LogP contribution is -2.62. The lowest BCUT2D eigenvalue weighted by Gasteiger charge is -2.32. The molecule has 90 valence electrons. The second-order valence-corrected chi connectivity index (χ2v) is 5.20. The van der Waals surface area contributed by atoms with Crippen molar-refractivity contribution in [3.05, 3.63) is 0 Å². The molecule has 2 aliphatic heterocycles. The molecular formula is C9H19BN4O2. The van der Waals surface area contributed by atoms with Crippen LogP contribution in [-0.2, 0) is 9.31 Å². The number of nitrogens with one attached hydrogen (secondary N) is 3. The van der Waals surface area contributed by atoms with Crippen molar-refractivity contribution < 1.29 is 9.31 Å². The minimum atomic E-state index is -0.344. The SMILES string of the molecule is CC1=NNNC(B2OC(C)(C)C(C)(C)O2)N1. The first-order chi connectivity index (χ1) is 7.32. The Hall–Kier alpha value is -0.785. The zero-order valence-electron chi connectivity index (χ0n) is 10.4. The summed E-state index contributed by atoms with van der Waals surface area (Å²) in [5.74, 6) is 0.804. The van der Waals surface area contributed by atoms with Crippen molar-refractivity contribution in [2.75, 3.05) is 0 Å². The van der Waals surface area contributed by atoms with Crippen LogP contribution in [-0.4, -0.2) is 30.2 Å². The predicted octanol–water partition coefficient (Wildman–Crippen LogP) is -0.0253. The van der Waals surface area contributed by atoms with Gasteiger partial charge in [0.15, 0.2) is 0 Å². The molecule has 0 aliphatic carbocycles. The fraction of sp³-hybridized carbons (Fsp3) is 0.889. The molecule has 16 heavy (non-hydrogen) atoms. The van der Waals surface area contributed by atoms with E-state index in [0.717, 1.165) is 5.84 Å². The van der Waals surface area contributed by atoms with Crippen LogP contribution in [0.2, 0.25) is 0 Å². The van der Waals surface area contributed by atoms with Crippen LogP contribution in [0.25, 0.3) is 0 Å². The van der Waals surface area contributed by atoms with Crippen molar-refractivity contribution in [1.82, 2.24) is 16.3 Å². The van der Waals surface area contributed by atoms with Gasteiger partial charge in [-0.25, -0.2) is 11.0 Å². The summed E-state index contributed by atoms with van der Waals surface area (Å²) < 4.78 is 11.8. The van der Waals surface area contributed by atoms with Crippen molar-refractivity contribution in [1.29, 1.82) is 0 Å². The Bertz CT molecular complexity index is 303. The predicted molar refractivity (Wildman–Crippen MR) is 62.4 cm³/mol. The maximum absolute atomic E-state index is 5.91. The van der Waals surface area contributed by atoms with Crippen molar-refractivity contribution in [2.24, 2.45) is 5.10 Å². The third-order valence-corrected chi connectivity index (χ3v) is 3.35. The van der Waals surface area contributed by atoms with Gasteiger partial charge in [-0.05, 0) is 34.6 Å². The van der Waals surface area contributed by atoms with Crippen molar-refractivity contribution in [3.63, 3.8) is 0 Å². The number of hydrogen-bond acceptors (Lipinski definition) is 6. The summed E-state index contributed by atoms with van der Waals surface area (Å²) in [6.45, 7) is 10.0.